The van der Waals surface area contributed by atoms with Crippen molar-refractivity contribution in [3.05, 3.63) is 72.1 Å². The zero-order chi connectivity index (χ0) is 22.5. The van der Waals surface area contributed by atoms with Crippen molar-refractivity contribution < 1.29 is 4.79 Å². The van der Waals surface area contributed by atoms with Crippen molar-refractivity contribution in [3.8, 4) is 5.69 Å². The number of carbonyl (C=O) groups is 1. The third-order valence-corrected chi connectivity index (χ3v) is 7.36. The summed E-state index contributed by atoms with van der Waals surface area (Å²) in [7, 11) is 0. The summed E-state index contributed by atoms with van der Waals surface area (Å²) < 4.78 is 2.11. The summed E-state index contributed by atoms with van der Waals surface area (Å²) in [6.45, 7) is 3.00. The van der Waals surface area contributed by atoms with Gasteiger partial charge in [0.2, 0.25) is 5.91 Å². The van der Waals surface area contributed by atoms with E-state index in [9.17, 15) is 4.79 Å². The zero-order valence-electron chi connectivity index (χ0n) is 18.9. The third-order valence-electron chi connectivity index (χ3n) is 6.43. The maximum atomic E-state index is 12.9. The molecule has 2 aliphatic rings. The first kappa shape index (κ1) is 22.2. The molecule has 3 aromatic rings. The third kappa shape index (κ3) is 5.65. The number of rotatable bonds is 9. The number of nitrogens with one attached hydrogen (secondary N) is 1. The Hall–Kier alpha value is -2.64. The predicted molar refractivity (Wildman–Crippen MR) is 131 cm³/mol. The Labute approximate surface area is 199 Å². The highest BCUT2D eigenvalue weighted by Gasteiger charge is 2.33. The fourth-order valence-corrected chi connectivity index (χ4v) is 5.34. The maximum absolute atomic E-state index is 12.9. The minimum absolute atomic E-state index is 0.0425. The number of hydrogen-bond donors (Lipinski definition) is 1. The lowest BCUT2D eigenvalue weighted by atomic mass is 10.0. The molecule has 5 rings (SSSR count). The van der Waals surface area contributed by atoms with Crippen LogP contribution in [-0.4, -0.2) is 44.4 Å². The van der Waals surface area contributed by atoms with Crippen LogP contribution in [0, 0.1) is 5.92 Å². The summed E-state index contributed by atoms with van der Waals surface area (Å²) in [5.41, 5.74) is 2.23. The molecule has 2 aromatic carbocycles. The molecule has 33 heavy (non-hydrogen) atoms. The lowest BCUT2D eigenvalue weighted by Gasteiger charge is -2.26. The van der Waals surface area contributed by atoms with Crippen molar-refractivity contribution >= 4 is 17.7 Å². The number of carbonyl (C=O) groups excluding carboxylic acids is 1. The second kappa shape index (κ2) is 10.5. The molecule has 1 unspecified atom stereocenters. The molecule has 2 heterocycles. The van der Waals surface area contributed by atoms with Crippen LogP contribution in [0.3, 0.4) is 0 Å². The lowest BCUT2D eigenvalue weighted by Crippen LogP contribution is -2.31. The van der Waals surface area contributed by atoms with E-state index in [0.29, 0.717) is 11.7 Å². The molecule has 7 heteroatoms. The van der Waals surface area contributed by atoms with E-state index in [-0.39, 0.29) is 11.9 Å². The fourth-order valence-electron chi connectivity index (χ4n) is 4.56. The van der Waals surface area contributed by atoms with Gasteiger partial charge in [-0.25, -0.2) is 0 Å². The molecule has 6 nitrogen and oxygen atoms in total. The van der Waals surface area contributed by atoms with E-state index >= 15 is 0 Å². The number of benzene rings is 2. The zero-order valence-corrected chi connectivity index (χ0v) is 19.7. The molecule has 0 spiro atoms. The van der Waals surface area contributed by atoms with Crippen LogP contribution < -0.4 is 5.32 Å². The Morgan fingerprint density at radius 1 is 0.970 bits per heavy atom. The van der Waals surface area contributed by atoms with Crippen molar-refractivity contribution in [2.75, 3.05) is 18.8 Å². The number of nitrogens with zero attached hydrogens (tertiary/aromatic N) is 4. The molecule has 172 valence electrons. The molecule has 0 bridgehead atoms. The average molecular weight is 462 g/mol. The van der Waals surface area contributed by atoms with Crippen LogP contribution >= 0.6 is 11.8 Å². The number of aromatic nitrogens is 3. The minimum Gasteiger partial charge on any atom is -0.348 e. The molecule has 2 fully saturated rings. The molecular weight excluding hydrogens is 430 g/mol. The van der Waals surface area contributed by atoms with Gasteiger partial charge in [-0.1, -0.05) is 66.7 Å². The van der Waals surface area contributed by atoms with E-state index < -0.39 is 0 Å². The molecule has 1 aromatic heterocycles. The van der Waals surface area contributed by atoms with E-state index in [1.54, 1.807) is 0 Å². The van der Waals surface area contributed by atoms with Gasteiger partial charge in [-0.2, -0.15) is 0 Å². The van der Waals surface area contributed by atoms with Crippen molar-refractivity contribution in [2.24, 2.45) is 5.92 Å². The van der Waals surface area contributed by atoms with Crippen molar-refractivity contribution in [3.63, 3.8) is 0 Å². The first-order valence-corrected chi connectivity index (χ1v) is 13.0. The first-order valence-electron chi connectivity index (χ1n) is 12.0. The lowest BCUT2D eigenvalue weighted by molar-refractivity contribution is -0.119. The topological polar surface area (TPSA) is 63.1 Å². The highest BCUT2D eigenvalue weighted by molar-refractivity contribution is 7.99. The van der Waals surface area contributed by atoms with Crippen LogP contribution in [0.15, 0.2) is 65.8 Å². The molecule has 1 aliphatic heterocycles. The average Bonchev–Trinajstić information content (AvgIpc) is 3.63. The molecule has 0 radical (unpaired) electrons. The van der Waals surface area contributed by atoms with E-state index in [1.165, 1.54) is 49.4 Å². The van der Waals surface area contributed by atoms with Gasteiger partial charge in [-0.3, -0.25) is 14.3 Å². The summed E-state index contributed by atoms with van der Waals surface area (Å²) in [5, 5.41) is 13.1. The Morgan fingerprint density at radius 3 is 2.36 bits per heavy atom. The molecule has 1 saturated heterocycles. The van der Waals surface area contributed by atoms with E-state index in [4.69, 9.17) is 0 Å². The quantitative estimate of drug-likeness (QED) is 0.472. The number of amides is 1. The van der Waals surface area contributed by atoms with Crippen LogP contribution in [-0.2, 0) is 11.3 Å². The van der Waals surface area contributed by atoms with Crippen molar-refractivity contribution in [1.82, 2.24) is 25.0 Å². The Morgan fingerprint density at radius 2 is 1.67 bits per heavy atom. The normalized spacial score (nSPS) is 17.6. The van der Waals surface area contributed by atoms with Gasteiger partial charge in [0, 0.05) is 5.69 Å². The van der Waals surface area contributed by atoms with Crippen LogP contribution in [0.1, 0.15) is 49.5 Å². The second-order valence-electron chi connectivity index (χ2n) is 8.99. The fraction of sp³-hybridized carbons (Fsp3) is 0.423. The van der Waals surface area contributed by atoms with Gasteiger partial charge < -0.3 is 5.32 Å². The van der Waals surface area contributed by atoms with Gasteiger partial charge >= 0.3 is 0 Å². The summed E-state index contributed by atoms with van der Waals surface area (Å²) in [6, 6.07) is 20.6. The minimum atomic E-state index is 0.0425. The van der Waals surface area contributed by atoms with Gasteiger partial charge in [0.15, 0.2) is 11.0 Å². The van der Waals surface area contributed by atoms with Gasteiger partial charge in [0.25, 0.3) is 0 Å². The standard InChI is InChI=1S/C26H31N5OS/c32-24(27-25(21-14-15-21)20-10-4-1-5-11-20)19-33-26-29-28-23(18-30-16-8-3-9-17-30)31(26)22-12-6-2-7-13-22/h1-2,4-7,10-13,21,25H,3,8-9,14-19H2,(H,27,32). The smallest absolute Gasteiger partial charge is 0.230 e. The maximum Gasteiger partial charge on any atom is 0.230 e. The summed E-state index contributed by atoms with van der Waals surface area (Å²) in [4.78, 5) is 15.4. The molecule has 1 saturated carbocycles. The second-order valence-corrected chi connectivity index (χ2v) is 9.93. The van der Waals surface area contributed by atoms with Crippen LogP contribution in [0.5, 0.6) is 0 Å². The molecule has 1 N–H and O–H groups in total. The molecule has 1 atom stereocenters. The summed E-state index contributed by atoms with van der Waals surface area (Å²) >= 11 is 1.46. The highest BCUT2D eigenvalue weighted by atomic mass is 32.2. The van der Waals surface area contributed by atoms with E-state index in [0.717, 1.165) is 36.3 Å². The molecular formula is C26H31N5OS. The van der Waals surface area contributed by atoms with E-state index in [1.807, 2.05) is 36.4 Å². The van der Waals surface area contributed by atoms with Gasteiger partial charge in [-0.05, 0) is 62.4 Å². The number of para-hydroxylation sites is 1. The molecule has 1 amide bonds. The number of thioether (sulfide) groups is 1. The highest BCUT2D eigenvalue weighted by Crippen LogP contribution is 2.41. The van der Waals surface area contributed by atoms with Crippen LogP contribution in [0.2, 0.25) is 0 Å². The Kier molecular flexibility index (Phi) is 7.07. The number of likely N-dealkylation sites (tertiary alicyclic amines) is 1. The van der Waals surface area contributed by atoms with Crippen LogP contribution in [0.25, 0.3) is 5.69 Å². The predicted octanol–water partition coefficient (Wildman–Crippen LogP) is 4.61. The largest absolute Gasteiger partial charge is 0.348 e. The number of hydrogen-bond acceptors (Lipinski definition) is 5. The van der Waals surface area contributed by atoms with Gasteiger partial charge in [0.1, 0.15) is 0 Å². The van der Waals surface area contributed by atoms with Crippen LogP contribution in [0.4, 0.5) is 0 Å². The van der Waals surface area contributed by atoms with Gasteiger partial charge in [-0.15, -0.1) is 10.2 Å². The first-order chi connectivity index (χ1) is 16.3. The summed E-state index contributed by atoms with van der Waals surface area (Å²) in [6.07, 6.45) is 6.14. The van der Waals surface area contributed by atoms with E-state index in [2.05, 4.69) is 49.2 Å². The SMILES string of the molecule is O=C(CSc1nnc(CN2CCCCC2)n1-c1ccccc1)NC(c1ccccc1)C1CC1. The number of piperidine rings is 1. The Bertz CT molecular complexity index is 1050. The van der Waals surface area contributed by atoms with Gasteiger partial charge in [0.05, 0.1) is 18.3 Å². The summed E-state index contributed by atoms with van der Waals surface area (Å²) in [5.74, 6) is 1.85. The molecule has 1 aliphatic carbocycles. The monoisotopic (exact) mass is 461 g/mol. The van der Waals surface area contributed by atoms with Crippen molar-refractivity contribution in [1.29, 1.82) is 0 Å². The Balaban J connectivity index is 1.29. The van der Waals surface area contributed by atoms with Crippen molar-refractivity contribution in [2.45, 2.75) is 49.8 Å².